The van der Waals surface area contributed by atoms with Gasteiger partial charge < -0.3 is 18.8 Å². The van der Waals surface area contributed by atoms with Gasteiger partial charge >= 0.3 is 0 Å². The van der Waals surface area contributed by atoms with Gasteiger partial charge in [-0.05, 0) is 29.8 Å². The van der Waals surface area contributed by atoms with Gasteiger partial charge in [-0.15, -0.1) is 0 Å². The van der Waals surface area contributed by atoms with Crippen molar-refractivity contribution < 1.29 is 18.7 Å². The Morgan fingerprint density at radius 1 is 1.63 bits per heavy atom. The highest BCUT2D eigenvalue weighted by Crippen LogP contribution is 2.24. The second-order valence-corrected chi connectivity index (χ2v) is 6.06. The van der Waals surface area contributed by atoms with Crippen LogP contribution in [0.5, 0.6) is 0 Å². The van der Waals surface area contributed by atoms with Gasteiger partial charge in [-0.25, -0.2) is 0 Å². The van der Waals surface area contributed by atoms with E-state index < -0.39 is 0 Å². The summed E-state index contributed by atoms with van der Waals surface area (Å²) in [6, 6.07) is 1.68. The molecular weight excluding hydrogens is 314 g/mol. The van der Waals surface area contributed by atoms with Crippen LogP contribution < -0.4 is 0 Å². The monoisotopic (exact) mass is 331 g/mol. The van der Waals surface area contributed by atoms with Crippen LogP contribution in [-0.4, -0.2) is 49.3 Å². The third-order valence-electron chi connectivity index (χ3n) is 2.94. The lowest BCUT2D eigenvalue weighted by Gasteiger charge is -2.42. The van der Waals surface area contributed by atoms with Crippen molar-refractivity contribution in [2.75, 3.05) is 26.8 Å². The minimum atomic E-state index is -0.377. The van der Waals surface area contributed by atoms with Gasteiger partial charge in [0.25, 0.3) is 5.91 Å². The summed E-state index contributed by atoms with van der Waals surface area (Å²) in [7, 11) is 1.63. The number of methoxy groups -OCH3 is 1. The summed E-state index contributed by atoms with van der Waals surface area (Å²) < 4.78 is 16.7. The first-order valence-electron chi connectivity index (χ1n) is 6.11. The molecule has 0 aromatic carbocycles. The van der Waals surface area contributed by atoms with Gasteiger partial charge in [0.05, 0.1) is 23.9 Å². The van der Waals surface area contributed by atoms with Crippen molar-refractivity contribution in [1.29, 1.82) is 0 Å². The number of amides is 1. The van der Waals surface area contributed by atoms with Gasteiger partial charge in [0.2, 0.25) is 0 Å². The Morgan fingerprint density at radius 2 is 2.37 bits per heavy atom. The zero-order chi connectivity index (χ0) is 14.0. The molecule has 1 aliphatic rings. The molecule has 1 aromatic rings. The van der Waals surface area contributed by atoms with Gasteiger partial charge in [0.15, 0.2) is 4.67 Å². The van der Waals surface area contributed by atoms with Crippen molar-refractivity contribution in [3.63, 3.8) is 0 Å². The molecule has 106 valence electrons. The fourth-order valence-electron chi connectivity index (χ4n) is 2.33. The molecule has 5 nitrogen and oxygen atoms in total. The van der Waals surface area contributed by atoms with Gasteiger partial charge in [-0.3, -0.25) is 4.79 Å². The van der Waals surface area contributed by atoms with Gasteiger partial charge in [-0.1, -0.05) is 0 Å². The molecule has 0 unspecified atom stereocenters. The topological polar surface area (TPSA) is 51.9 Å². The largest absolute Gasteiger partial charge is 0.457 e. The summed E-state index contributed by atoms with van der Waals surface area (Å²) in [4.78, 5) is 14.2. The molecule has 2 heterocycles. The summed E-state index contributed by atoms with van der Waals surface area (Å²) in [6.45, 7) is 5.50. The van der Waals surface area contributed by atoms with E-state index in [-0.39, 0.29) is 17.6 Å². The first kappa shape index (κ1) is 14.6. The molecule has 1 fully saturated rings. The van der Waals surface area contributed by atoms with Crippen LogP contribution in [0.4, 0.5) is 0 Å². The minimum Gasteiger partial charge on any atom is -0.457 e. The summed E-state index contributed by atoms with van der Waals surface area (Å²) >= 11 is 3.20. The fourth-order valence-corrected chi connectivity index (χ4v) is 2.67. The predicted molar refractivity (Wildman–Crippen MR) is 73.1 cm³/mol. The van der Waals surface area contributed by atoms with Crippen LogP contribution in [0.2, 0.25) is 0 Å². The van der Waals surface area contributed by atoms with E-state index in [9.17, 15) is 4.79 Å². The van der Waals surface area contributed by atoms with Gasteiger partial charge in [0.1, 0.15) is 6.26 Å². The van der Waals surface area contributed by atoms with Crippen molar-refractivity contribution in [3.05, 3.63) is 22.6 Å². The van der Waals surface area contributed by atoms with Gasteiger partial charge in [-0.2, -0.15) is 0 Å². The van der Waals surface area contributed by atoms with Crippen molar-refractivity contribution in [2.45, 2.75) is 25.6 Å². The van der Waals surface area contributed by atoms with E-state index in [1.165, 1.54) is 6.26 Å². The highest BCUT2D eigenvalue weighted by atomic mass is 79.9. The minimum absolute atomic E-state index is 0.0491. The normalized spacial score (nSPS) is 22.5. The average molecular weight is 332 g/mol. The lowest BCUT2D eigenvalue weighted by Crippen LogP contribution is -2.55. The quantitative estimate of drug-likeness (QED) is 0.852. The van der Waals surface area contributed by atoms with Crippen LogP contribution in [0.15, 0.2) is 21.4 Å². The molecule has 1 aromatic heterocycles. The Labute approximate surface area is 121 Å². The summed E-state index contributed by atoms with van der Waals surface area (Å²) in [5.41, 5.74) is 0.165. The third kappa shape index (κ3) is 3.58. The molecule has 1 saturated heterocycles. The number of hydrogen-bond donors (Lipinski definition) is 0. The number of hydrogen-bond acceptors (Lipinski definition) is 4. The molecule has 0 bridgehead atoms. The van der Waals surface area contributed by atoms with Gasteiger partial charge in [0, 0.05) is 26.3 Å². The maximum absolute atomic E-state index is 12.4. The zero-order valence-electron chi connectivity index (χ0n) is 11.3. The van der Waals surface area contributed by atoms with E-state index in [0.29, 0.717) is 29.9 Å². The number of nitrogens with zero attached hydrogens (tertiary/aromatic N) is 1. The van der Waals surface area contributed by atoms with Crippen molar-refractivity contribution in [2.24, 2.45) is 0 Å². The molecule has 0 N–H and O–H groups in total. The van der Waals surface area contributed by atoms with E-state index in [1.807, 2.05) is 13.8 Å². The molecule has 0 radical (unpaired) electrons. The molecule has 2 rings (SSSR count). The van der Waals surface area contributed by atoms with Crippen molar-refractivity contribution >= 4 is 21.8 Å². The highest BCUT2D eigenvalue weighted by Gasteiger charge is 2.36. The number of ether oxygens (including phenoxy) is 2. The number of carbonyl (C=O) groups is 1. The molecular formula is C13H18BrNO4. The van der Waals surface area contributed by atoms with Crippen molar-refractivity contribution in [3.8, 4) is 0 Å². The van der Waals surface area contributed by atoms with E-state index in [0.717, 1.165) is 0 Å². The zero-order valence-corrected chi connectivity index (χ0v) is 12.9. The molecule has 6 heteroatoms. The second kappa shape index (κ2) is 5.64. The lowest BCUT2D eigenvalue weighted by molar-refractivity contribution is -0.143. The smallest absolute Gasteiger partial charge is 0.257 e. The second-order valence-electron chi connectivity index (χ2n) is 5.28. The van der Waals surface area contributed by atoms with Crippen LogP contribution in [0.3, 0.4) is 0 Å². The molecule has 0 aliphatic carbocycles. The Bertz CT molecular complexity index is 457. The Hall–Kier alpha value is -0.850. The van der Waals surface area contributed by atoms with E-state index in [4.69, 9.17) is 13.9 Å². The first-order valence-corrected chi connectivity index (χ1v) is 6.90. The van der Waals surface area contributed by atoms with E-state index in [1.54, 1.807) is 18.1 Å². The van der Waals surface area contributed by atoms with Crippen LogP contribution in [0.1, 0.15) is 24.2 Å². The Morgan fingerprint density at radius 3 is 2.95 bits per heavy atom. The third-order valence-corrected chi connectivity index (χ3v) is 3.35. The van der Waals surface area contributed by atoms with Crippen LogP contribution in [0, 0.1) is 0 Å². The number of carbonyl (C=O) groups excluding carboxylic acids is 1. The number of furan rings is 1. The number of morpholine rings is 1. The summed E-state index contributed by atoms with van der Waals surface area (Å²) in [6.07, 6.45) is 1.35. The molecule has 1 amide bonds. The molecule has 19 heavy (non-hydrogen) atoms. The number of halogens is 1. The Balaban J connectivity index is 2.12. The lowest BCUT2D eigenvalue weighted by atomic mass is 10.0. The molecule has 0 saturated carbocycles. The highest BCUT2D eigenvalue weighted by molar-refractivity contribution is 9.10. The molecule has 0 spiro atoms. The van der Waals surface area contributed by atoms with Crippen LogP contribution in [-0.2, 0) is 9.47 Å². The first-order chi connectivity index (χ1) is 8.91. The average Bonchev–Trinajstić information content (AvgIpc) is 2.73. The van der Waals surface area contributed by atoms with Crippen LogP contribution in [0.25, 0.3) is 0 Å². The SMILES string of the molecule is COC[C@@H]1CN(C(=O)c2coc(Br)c2)CC(C)(C)O1. The fraction of sp³-hybridized carbons (Fsp3) is 0.615. The maximum Gasteiger partial charge on any atom is 0.257 e. The van der Waals surface area contributed by atoms with Crippen molar-refractivity contribution in [1.82, 2.24) is 4.90 Å². The Kier molecular flexibility index (Phi) is 4.32. The predicted octanol–water partition coefficient (Wildman–Crippen LogP) is 2.31. The molecule has 1 atom stereocenters. The standard InChI is InChI=1S/C13H18BrNO4/c1-13(2)8-15(5-10(19-13)7-17-3)12(16)9-4-11(14)18-6-9/h4,6,10H,5,7-8H2,1-3H3/t10-/m0/s1. The number of rotatable bonds is 3. The summed E-state index contributed by atoms with van der Waals surface area (Å²) in [5.74, 6) is -0.0491. The van der Waals surface area contributed by atoms with Crippen LogP contribution >= 0.6 is 15.9 Å². The summed E-state index contributed by atoms with van der Waals surface area (Å²) in [5, 5.41) is 0. The molecule has 1 aliphatic heterocycles. The van der Waals surface area contributed by atoms with E-state index >= 15 is 0 Å². The maximum atomic E-state index is 12.4. The van der Waals surface area contributed by atoms with E-state index in [2.05, 4.69) is 15.9 Å².